The third-order valence-corrected chi connectivity index (χ3v) is 4.45. The lowest BCUT2D eigenvalue weighted by atomic mass is 9.90. The van der Waals surface area contributed by atoms with Crippen LogP contribution in [-0.4, -0.2) is 16.0 Å². The minimum atomic E-state index is -0.341. The Kier molecular flexibility index (Phi) is 3.45. The van der Waals surface area contributed by atoms with Crippen molar-refractivity contribution < 1.29 is 9.32 Å². The largest absolute Gasteiger partial charge is 0.361 e. The van der Waals surface area contributed by atoms with E-state index in [1.807, 2.05) is 12.1 Å². The fourth-order valence-corrected chi connectivity index (χ4v) is 3.31. The summed E-state index contributed by atoms with van der Waals surface area (Å²) in [5.74, 6) is 0.237. The molecule has 1 aliphatic carbocycles. The minimum Gasteiger partial charge on any atom is -0.361 e. The van der Waals surface area contributed by atoms with Gasteiger partial charge < -0.3 is 14.8 Å². The van der Waals surface area contributed by atoms with E-state index in [1.165, 1.54) is 0 Å². The highest BCUT2D eigenvalue weighted by Crippen LogP contribution is 2.27. The lowest BCUT2D eigenvalue weighted by Gasteiger charge is -2.17. The molecule has 0 fully saturated rings. The maximum Gasteiger partial charge on any atom is 0.277 e. The van der Waals surface area contributed by atoms with E-state index in [0.717, 1.165) is 47.7 Å². The molecule has 6 nitrogen and oxygen atoms in total. The molecule has 24 heavy (non-hydrogen) atoms. The molecule has 0 saturated carbocycles. The Bertz CT molecular complexity index is 1000. The van der Waals surface area contributed by atoms with Crippen molar-refractivity contribution in [3.8, 4) is 0 Å². The van der Waals surface area contributed by atoms with Crippen LogP contribution in [0.2, 0.25) is 0 Å². The van der Waals surface area contributed by atoms with E-state index in [2.05, 4.69) is 15.5 Å². The number of nitrogens with zero attached hydrogens (tertiary/aromatic N) is 1. The van der Waals surface area contributed by atoms with Gasteiger partial charge in [-0.2, -0.15) is 0 Å². The maximum atomic E-state index is 12.3. The van der Waals surface area contributed by atoms with Gasteiger partial charge in [0.25, 0.3) is 11.5 Å². The van der Waals surface area contributed by atoms with E-state index in [-0.39, 0.29) is 17.2 Å². The van der Waals surface area contributed by atoms with Gasteiger partial charge in [0.1, 0.15) is 5.76 Å². The first-order valence-electron chi connectivity index (χ1n) is 8.04. The molecule has 0 bridgehead atoms. The molecule has 1 aromatic carbocycles. The topological polar surface area (TPSA) is 88.0 Å². The average Bonchev–Trinajstić information content (AvgIpc) is 3.02. The van der Waals surface area contributed by atoms with Gasteiger partial charge >= 0.3 is 0 Å². The SMILES string of the molecule is Cc1cc(C(=O)Nc2ccc3c4c(c(=O)[nH]c3c2)CCCC4)no1. The van der Waals surface area contributed by atoms with Gasteiger partial charge in [-0.05, 0) is 50.3 Å². The van der Waals surface area contributed by atoms with E-state index in [9.17, 15) is 9.59 Å². The predicted molar refractivity (Wildman–Crippen MR) is 90.4 cm³/mol. The van der Waals surface area contributed by atoms with Crippen LogP contribution >= 0.6 is 0 Å². The lowest BCUT2D eigenvalue weighted by molar-refractivity contribution is 0.101. The van der Waals surface area contributed by atoms with Crippen LogP contribution in [0.1, 0.15) is 40.2 Å². The highest BCUT2D eigenvalue weighted by molar-refractivity contribution is 6.03. The molecule has 0 radical (unpaired) electrons. The molecule has 0 unspecified atom stereocenters. The van der Waals surface area contributed by atoms with Gasteiger partial charge in [-0.25, -0.2) is 0 Å². The van der Waals surface area contributed by atoms with Gasteiger partial charge in [-0.1, -0.05) is 11.2 Å². The number of amides is 1. The quantitative estimate of drug-likeness (QED) is 0.759. The van der Waals surface area contributed by atoms with Crippen molar-refractivity contribution in [1.82, 2.24) is 10.1 Å². The zero-order chi connectivity index (χ0) is 16.7. The van der Waals surface area contributed by atoms with Crippen molar-refractivity contribution in [2.24, 2.45) is 0 Å². The van der Waals surface area contributed by atoms with Crippen LogP contribution in [0.4, 0.5) is 5.69 Å². The molecule has 6 heteroatoms. The molecule has 2 N–H and O–H groups in total. The summed E-state index contributed by atoms with van der Waals surface area (Å²) in [4.78, 5) is 27.4. The lowest BCUT2D eigenvalue weighted by Crippen LogP contribution is -2.19. The van der Waals surface area contributed by atoms with Crippen LogP contribution in [0.5, 0.6) is 0 Å². The molecule has 0 spiro atoms. The first-order chi connectivity index (χ1) is 11.6. The van der Waals surface area contributed by atoms with Crippen molar-refractivity contribution in [1.29, 1.82) is 0 Å². The fraction of sp³-hybridized carbons (Fsp3) is 0.278. The summed E-state index contributed by atoms with van der Waals surface area (Å²) in [6.07, 6.45) is 3.94. The molecule has 3 aromatic rings. The molecule has 2 heterocycles. The van der Waals surface area contributed by atoms with Gasteiger partial charge in [0.15, 0.2) is 5.69 Å². The number of carbonyl (C=O) groups is 1. The molecule has 0 atom stereocenters. The molecule has 4 rings (SSSR count). The number of rotatable bonds is 2. The number of hydrogen-bond donors (Lipinski definition) is 2. The third kappa shape index (κ3) is 2.50. The molecular formula is C18H17N3O3. The zero-order valence-electron chi connectivity index (χ0n) is 13.3. The molecular weight excluding hydrogens is 306 g/mol. The Hall–Kier alpha value is -2.89. The van der Waals surface area contributed by atoms with Gasteiger partial charge in [0.05, 0.1) is 5.52 Å². The number of pyridine rings is 1. The highest BCUT2D eigenvalue weighted by Gasteiger charge is 2.17. The molecule has 1 amide bonds. The first kappa shape index (κ1) is 14.7. The zero-order valence-corrected chi connectivity index (χ0v) is 13.3. The molecule has 122 valence electrons. The second-order valence-corrected chi connectivity index (χ2v) is 6.16. The monoisotopic (exact) mass is 323 g/mol. The van der Waals surface area contributed by atoms with Crippen molar-refractivity contribution in [3.63, 3.8) is 0 Å². The van der Waals surface area contributed by atoms with Gasteiger partial charge in [-0.3, -0.25) is 9.59 Å². The summed E-state index contributed by atoms with van der Waals surface area (Å²) in [6.45, 7) is 1.73. The number of anilines is 1. The number of nitrogens with one attached hydrogen (secondary N) is 2. The number of aryl methyl sites for hydroxylation is 2. The summed E-state index contributed by atoms with van der Waals surface area (Å²) < 4.78 is 4.91. The van der Waals surface area contributed by atoms with Crippen LogP contribution in [0.25, 0.3) is 10.9 Å². The Morgan fingerprint density at radius 2 is 2.00 bits per heavy atom. The minimum absolute atomic E-state index is 0.0206. The highest BCUT2D eigenvalue weighted by atomic mass is 16.5. The first-order valence-corrected chi connectivity index (χ1v) is 8.04. The van der Waals surface area contributed by atoms with Crippen molar-refractivity contribution in [2.45, 2.75) is 32.6 Å². The summed E-state index contributed by atoms with van der Waals surface area (Å²) in [5, 5.41) is 7.54. The average molecular weight is 323 g/mol. The van der Waals surface area contributed by atoms with E-state index in [1.54, 1.807) is 19.1 Å². The fourth-order valence-electron chi connectivity index (χ4n) is 3.31. The number of aromatic amines is 1. The van der Waals surface area contributed by atoms with E-state index in [4.69, 9.17) is 4.52 Å². The molecule has 2 aromatic heterocycles. The number of fused-ring (bicyclic) bond motifs is 3. The third-order valence-electron chi connectivity index (χ3n) is 4.45. The number of hydrogen-bond acceptors (Lipinski definition) is 4. The Labute approximate surface area is 137 Å². The Morgan fingerprint density at radius 3 is 2.75 bits per heavy atom. The summed E-state index contributed by atoms with van der Waals surface area (Å²) in [7, 11) is 0. The van der Waals surface area contributed by atoms with Crippen molar-refractivity contribution >= 4 is 22.5 Å². The number of aromatic nitrogens is 2. The maximum absolute atomic E-state index is 12.3. The predicted octanol–water partition coefficient (Wildman–Crippen LogP) is 2.96. The molecule has 1 aliphatic rings. The summed E-state index contributed by atoms with van der Waals surface area (Å²) >= 11 is 0. The summed E-state index contributed by atoms with van der Waals surface area (Å²) in [6, 6.07) is 7.17. The van der Waals surface area contributed by atoms with Crippen LogP contribution in [0.3, 0.4) is 0 Å². The standard InChI is InChI=1S/C18H17N3O3/c1-10-8-16(21-24-10)18(23)19-11-6-7-13-12-4-2-3-5-14(12)17(22)20-15(13)9-11/h6-9H,2-5H2,1H3,(H,19,23)(H,20,22). The normalized spacial score (nSPS) is 13.7. The van der Waals surface area contributed by atoms with Gasteiger partial charge in [-0.15, -0.1) is 0 Å². The number of carbonyl (C=O) groups excluding carboxylic acids is 1. The van der Waals surface area contributed by atoms with Crippen LogP contribution in [-0.2, 0) is 12.8 Å². The van der Waals surface area contributed by atoms with Crippen LogP contribution < -0.4 is 10.9 Å². The second-order valence-electron chi connectivity index (χ2n) is 6.16. The summed E-state index contributed by atoms with van der Waals surface area (Å²) in [5.41, 5.74) is 3.61. The van der Waals surface area contributed by atoms with E-state index < -0.39 is 0 Å². The van der Waals surface area contributed by atoms with E-state index in [0.29, 0.717) is 11.4 Å². The number of benzene rings is 1. The Morgan fingerprint density at radius 1 is 1.21 bits per heavy atom. The van der Waals surface area contributed by atoms with Gasteiger partial charge in [0, 0.05) is 22.7 Å². The number of H-pyrrole nitrogens is 1. The van der Waals surface area contributed by atoms with E-state index >= 15 is 0 Å². The van der Waals surface area contributed by atoms with Gasteiger partial charge in [0.2, 0.25) is 0 Å². The van der Waals surface area contributed by atoms with Crippen LogP contribution in [0.15, 0.2) is 33.6 Å². The smallest absolute Gasteiger partial charge is 0.277 e. The van der Waals surface area contributed by atoms with Crippen molar-refractivity contribution in [3.05, 3.63) is 57.2 Å². The molecule has 0 saturated heterocycles. The molecule has 0 aliphatic heterocycles. The van der Waals surface area contributed by atoms with Crippen molar-refractivity contribution in [2.75, 3.05) is 5.32 Å². The Balaban J connectivity index is 1.71. The van der Waals surface area contributed by atoms with Crippen LogP contribution in [0, 0.1) is 6.92 Å². The second kappa shape index (κ2) is 5.63.